The van der Waals surface area contributed by atoms with Gasteiger partial charge in [0.25, 0.3) is 0 Å². The lowest BCUT2D eigenvalue weighted by Crippen LogP contribution is -2.28. The van der Waals surface area contributed by atoms with Crippen molar-refractivity contribution in [3.8, 4) is 0 Å². The van der Waals surface area contributed by atoms with Gasteiger partial charge in [0.1, 0.15) is 6.10 Å². The Labute approximate surface area is 120 Å². The van der Waals surface area contributed by atoms with Crippen molar-refractivity contribution < 1.29 is 19.3 Å². The van der Waals surface area contributed by atoms with Crippen molar-refractivity contribution in [1.82, 2.24) is 0 Å². The van der Waals surface area contributed by atoms with Crippen molar-refractivity contribution in [2.24, 2.45) is 0 Å². The summed E-state index contributed by atoms with van der Waals surface area (Å²) in [5.41, 5.74) is 0.840. The highest BCUT2D eigenvalue weighted by atomic mass is 16.7. The molecule has 2 rings (SSSR count). The Bertz CT molecular complexity index is 399. The van der Waals surface area contributed by atoms with Crippen LogP contribution in [0, 0.1) is 0 Å². The quantitative estimate of drug-likeness (QED) is 0.900. The largest absolute Gasteiger partial charge is 0.390 e. The van der Waals surface area contributed by atoms with Crippen LogP contribution in [-0.2, 0) is 20.8 Å². The number of aliphatic hydroxyl groups is 1. The average Bonchev–Trinajstić information content (AvgIpc) is 2.68. The zero-order valence-corrected chi connectivity index (χ0v) is 12.4. The molecule has 0 aliphatic carbocycles. The molecule has 0 bridgehead atoms. The van der Waals surface area contributed by atoms with Crippen molar-refractivity contribution >= 4 is 0 Å². The van der Waals surface area contributed by atoms with Gasteiger partial charge in [0, 0.05) is 6.42 Å². The molecule has 4 nitrogen and oxygen atoms in total. The Hall–Kier alpha value is -0.940. The normalized spacial score (nSPS) is 26.9. The van der Waals surface area contributed by atoms with Crippen molar-refractivity contribution in [2.45, 2.75) is 57.9 Å². The van der Waals surface area contributed by atoms with E-state index >= 15 is 0 Å². The van der Waals surface area contributed by atoms with Gasteiger partial charge in [0.2, 0.25) is 0 Å². The standard InChI is InChI=1S/C16H24O4/c1-16(2,3)20-15-9-13(17)14(19-15)11-18-10-12-7-5-4-6-8-12/h4-8,13-15,17H,9-11H2,1-3H3/t13-,14+,15-/m0/s1. The number of rotatable bonds is 5. The molecule has 0 spiro atoms. The summed E-state index contributed by atoms with van der Waals surface area (Å²) < 4.78 is 17.0. The van der Waals surface area contributed by atoms with Gasteiger partial charge in [-0.25, -0.2) is 0 Å². The maximum Gasteiger partial charge on any atom is 0.161 e. The van der Waals surface area contributed by atoms with E-state index in [0.717, 1.165) is 5.56 Å². The molecule has 3 atom stereocenters. The van der Waals surface area contributed by atoms with E-state index in [9.17, 15) is 5.11 Å². The Balaban J connectivity index is 1.74. The predicted octanol–water partition coefficient (Wildman–Crippen LogP) is 2.49. The molecule has 0 aromatic heterocycles. The number of hydrogen-bond acceptors (Lipinski definition) is 4. The van der Waals surface area contributed by atoms with Gasteiger partial charge in [0.15, 0.2) is 6.29 Å². The minimum absolute atomic E-state index is 0.274. The van der Waals surface area contributed by atoms with E-state index in [4.69, 9.17) is 14.2 Å². The van der Waals surface area contributed by atoms with Gasteiger partial charge in [-0.05, 0) is 26.3 Å². The molecule has 1 N–H and O–H groups in total. The molecule has 1 heterocycles. The molecular weight excluding hydrogens is 256 g/mol. The number of aliphatic hydroxyl groups excluding tert-OH is 1. The first-order valence-corrected chi connectivity index (χ1v) is 7.07. The lowest BCUT2D eigenvalue weighted by atomic mass is 10.1. The second-order valence-corrected chi connectivity index (χ2v) is 6.14. The van der Waals surface area contributed by atoms with E-state index in [-0.39, 0.29) is 18.0 Å². The predicted molar refractivity (Wildman–Crippen MR) is 76.2 cm³/mol. The summed E-state index contributed by atoms with van der Waals surface area (Å²) in [5, 5.41) is 9.97. The summed E-state index contributed by atoms with van der Waals surface area (Å²) in [6, 6.07) is 9.95. The first-order valence-electron chi connectivity index (χ1n) is 7.07. The molecule has 1 aliphatic heterocycles. The Morgan fingerprint density at radius 3 is 2.60 bits per heavy atom. The fourth-order valence-corrected chi connectivity index (χ4v) is 2.18. The van der Waals surface area contributed by atoms with Gasteiger partial charge in [-0.2, -0.15) is 0 Å². The van der Waals surface area contributed by atoms with Crippen LogP contribution in [0.25, 0.3) is 0 Å². The molecule has 1 saturated heterocycles. The zero-order chi connectivity index (χ0) is 14.6. The third kappa shape index (κ3) is 4.87. The molecule has 1 aromatic carbocycles. The highest BCUT2D eigenvalue weighted by molar-refractivity contribution is 5.13. The van der Waals surface area contributed by atoms with E-state index in [0.29, 0.717) is 19.6 Å². The second kappa shape index (κ2) is 6.68. The van der Waals surface area contributed by atoms with Crippen LogP contribution in [0.3, 0.4) is 0 Å². The van der Waals surface area contributed by atoms with Crippen LogP contribution in [0.2, 0.25) is 0 Å². The summed E-state index contributed by atoms with van der Waals surface area (Å²) in [6.45, 7) is 6.82. The van der Waals surface area contributed by atoms with Gasteiger partial charge in [-0.1, -0.05) is 30.3 Å². The van der Waals surface area contributed by atoms with E-state index in [1.807, 2.05) is 51.1 Å². The highest BCUT2D eigenvalue weighted by Crippen LogP contribution is 2.25. The van der Waals surface area contributed by atoms with Crippen molar-refractivity contribution in [3.63, 3.8) is 0 Å². The monoisotopic (exact) mass is 280 g/mol. The van der Waals surface area contributed by atoms with Crippen LogP contribution < -0.4 is 0 Å². The van der Waals surface area contributed by atoms with Crippen LogP contribution in [0.5, 0.6) is 0 Å². The smallest absolute Gasteiger partial charge is 0.161 e. The molecule has 1 fully saturated rings. The lowest BCUT2D eigenvalue weighted by molar-refractivity contribution is -0.194. The van der Waals surface area contributed by atoms with Crippen molar-refractivity contribution in [1.29, 1.82) is 0 Å². The SMILES string of the molecule is CC(C)(C)O[C@H]1C[C@H](O)[C@@H](COCc2ccccc2)O1. The first kappa shape index (κ1) is 15.4. The van der Waals surface area contributed by atoms with Crippen LogP contribution in [0.4, 0.5) is 0 Å². The number of ether oxygens (including phenoxy) is 3. The van der Waals surface area contributed by atoms with Crippen LogP contribution in [0.1, 0.15) is 32.8 Å². The summed E-state index contributed by atoms with van der Waals surface area (Å²) in [7, 11) is 0. The fraction of sp³-hybridized carbons (Fsp3) is 0.625. The van der Waals surface area contributed by atoms with Gasteiger partial charge in [0.05, 0.1) is 24.9 Å². The zero-order valence-electron chi connectivity index (χ0n) is 12.4. The third-order valence-corrected chi connectivity index (χ3v) is 3.07. The number of hydrogen-bond donors (Lipinski definition) is 1. The van der Waals surface area contributed by atoms with Gasteiger partial charge < -0.3 is 19.3 Å². The molecule has 0 radical (unpaired) electrons. The third-order valence-electron chi connectivity index (χ3n) is 3.07. The van der Waals surface area contributed by atoms with E-state index in [2.05, 4.69) is 0 Å². The molecule has 0 amide bonds. The summed E-state index contributed by atoms with van der Waals surface area (Å²) in [5.74, 6) is 0. The summed E-state index contributed by atoms with van der Waals surface area (Å²) in [6.07, 6.45) is -0.698. The van der Waals surface area contributed by atoms with E-state index in [1.165, 1.54) is 0 Å². The maximum atomic E-state index is 9.97. The minimum atomic E-state index is -0.530. The van der Waals surface area contributed by atoms with Crippen LogP contribution >= 0.6 is 0 Å². The van der Waals surface area contributed by atoms with Crippen LogP contribution in [0.15, 0.2) is 30.3 Å². The second-order valence-electron chi connectivity index (χ2n) is 6.14. The molecule has 4 heteroatoms. The Kier molecular flexibility index (Phi) is 5.16. The molecule has 1 aliphatic rings. The Morgan fingerprint density at radius 2 is 1.95 bits per heavy atom. The first-order chi connectivity index (χ1) is 9.44. The molecular formula is C16H24O4. The fourth-order valence-electron chi connectivity index (χ4n) is 2.18. The minimum Gasteiger partial charge on any atom is -0.390 e. The van der Waals surface area contributed by atoms with E-state index in [1.54, 1.807) is 0 Å². The molecule has 20 heavy (non-hydrogen) atoms. The average molecular weight is 280 g/mol. The van der Waals surface area contributed by atoms with Crippen LogP contribution in [-0.4, -0.2) is 35.8 Å². The molecule has 112 valence electrons. The highest BCUT2D eigenvalue weighted by Gasteiger charge is 2.36. The molecule has 0 unspecified atom stereocenters. The van der Waals surface area contributed by atoms with Gasteiger partial charge in [-0.3, -0.25) is 0 Å². The van der Waals surface area contributed by atoms with Crippen molar-refractivity contribution in [3.05, 3.63) is 35.9 Å². The topological polar surface area (TPSA) is 47.9 Å². The van der Waals surface area contributed by atoms with E-state index < -0.39 is 6.10 Å². The number of benzene rings is 1. The molecule has 1 aromatic rings. The van der Waals surface area contributed by atoms with Crippen molar-refractivity contribution in [2.75, 3.05) is 6.61 Å². The Morgan fingerprint density at radius 1 is 1.25 bits per heavy atom. The summed E-state index contributed by atoms with van der Waals surface area (Å²) in [4.78, 5) is 0. The lowest BCUT2D eigenvalue weighted by Gasteiger charge is -2.24. The summed E-state index contributed by atoms with van der Waals surface area (Å²) >= 11 is 0. The molecule has 0 saturated carbocycles. The van der Waals surface area contributed by atoms with Gasteiger partial charge in [-0.15, -0.1) is 0 Å². The van der Waals surface area contributed by atoms with Gasteiger partial charge >= 0.3 is 0 Å². The maximum absolute atomic E-state index is 9.97.